The number of fused-ring (bicyclic) bond motifs is 1. The monoisotopic (exact) mass is 489 g/mol. The number of carbonyl (C=O) groups is 1. The van der Waals surface area contributed by atoms with Gasteiger partial charge in [0.1, 0.15) is 6.54 Å². The molecule has 8 heteroatoms. The largest absolute Gasteiger partial charge is 0.465 e. The molecule has 34 heavy (non-hydrogen) atoms. The van der Waals surface area contributed by atoms with E-state index < -0.39 is 10.0 Å². The second kappa shape index (κ2) is 9.46. The molecule has 1 aromatic heterocycles. The maximum absolute atomic E-state index is 13.9. The molecule has 0 fully saturated rings. The summed E-state index contributed by atoms with van der Waals surface area (Å²) in [6.07, 6.45) is 3.99. The van der Waals surface area contributed by atoms with Crippen LogP contribution in [0.4, 0.5) is 0 Å². The van der Waals surface area contributed by atoms with Crippen molar-refractivity contribution in [3.05, 3.63) is 46.8 Å². The van der Waals surface area contributed by atoms with Crippen molar-refractivity contribution in [3.8, 4) is 0 Å². The Labute approximate surface area is 204 Å². The van der Waals surface area contributed by atoms with Crippen molar-refractivity contribution < 1.29 is 17.9 Å². The minimum absolute atomic E-state index is 0.0366. The molecule has 2 aromatic rings. The second-order valence-corrected chi connectivity index (χ2v) is 13.2. The third kappa shape index (κ3) is 5.38. The van der Waals surface area contributed by atoms with Crippen LogP contribution in [-0.4, -0.2) is 42.1 Å². The summed E-state index contributed by atoms with van der Waals surface area (Å²) in [6, 6.07) is 5.42. The van der Waals surface area contributed by atoms with Gasteiger partial charge in [-0.2, -0.15) is 9.40 Å². The van der Waals surface area contributed by atoms with E-state index in [4.69, 9.17) is 4.74 Å². The van der Waals surface area contributed by atoms with E-state index in [1.807, 2.05) is 12.1 Å². The van der Waals surface area contributed by atoms with Crippen molar-refractivity contribution in [2.24, 2.45) is 0 Å². The van der Waals surface area contributed by atoms with Crippen LogP contribution in [0.15, 0.2) is 29.3 Å². The Morgan fingerprint density at radius 3 is 2.24 bits per heavy atom. The number of hydrogen-bond acceptors (Lipinski definition) is 5. The smallest absolute Gasteiger partial charge is 0.327 e. The Balaban J connectivity index is 2.01. The van der Waals surface area contributed by atoms with E-state index in [0.29, 0.717) is 17.9 Å². The average molecular weight is 490 g/mol. The minimum atomic E-state index is -3.76. The lowest BCUT2D eigenvalue weighted by Gasteiger charge is -2.32. The molecule has 0 bridgehead atoms. The Hall–Kier alpha value is -2.19. The van der Waals surface area contributed by atoms with Gasteiger partial charge in [0.05, 0.1) is 23.7 Å². The standard InChI is InChI=1S/C26H39N3O4S/c1-9-33-24(30)17-29-23-12-10-11-22(21(23)16-27-29)28(8)34(31,32)20-14-18(25(2,3)4)13-19(15-20)26(5,6)7/h13-16,22H,9-12,17H2,1-8H3/t22-/m1/s1. The third-order valence-electron chi connectivity index (χ3n) is 6.57. The quantitative estimate of drug-likeness (QED) is 0.548. The fourth-order valence-corrected chi connectivity index (χ4v) is 5.82. The second-order valence-electron chi connectivity index (χ2n) is 11.2. The maximum atomic E-state index is 13.9. The van der Waals surface area contributed by atoms with Gasteiger partial charge >= 0.3 is 5.97 Å². The zero-order valence-electron chi connectivity index (χ0n) is 21.8. The van der Waals surface area contributed by atoms with E-state index >= 15 is 0 Å². The van der Waals surface area contributed by atoms with Gasteiger partial charge in [-0.3, -0.25) is 9.48 Å². The summed E-state index contributed by atoms with van der Waals surface area (Å²) in [7, 11) is -2.11. The molecule has 0 amide bonds. The summed E-state index contributed by atoms with van der Waals surface area (Å²) >= 11 is 0. The molecule has 1 atom stereocenters. The van der Waals surface area contributed by atoms with Gasteiger partial charge < -0.3 is 4.74 Å². The molecule has 0 unspecified atom stereocenters. The van der Waals surface area contributed by atoms with Crippen LogP contribution in [0.25, 0.3) is 0 Å². The summed E-state index contributed by atoms with van der Waals surface area (Å²) in [5, 5.41) is 4.39. The van der Waals surface area contributed by atoms with E-state index in [1.54, 1.807) is 24.9 Å². The summed E-state index contributed by atoms with van der Waals surface area (Å²) in [5.74, 6) is -0.342. The number of benzene rings is 1. The fourth-order valence-electron chi connectivity index (χ4n) is 4.39. The first kappa shape index (κ1) is 26.4. The van der Waals surface area contributed by atoms with Crippen LogP contribution in [0.2, 0.25) is 0 Å². The molecular weight excluding hydrogens is 450 g/mol. The van der Waals surface area contributed by atoms with Gasteiger partial charge in [0, 0.05) is 18.3 Å². The highest BCUT2D eigenvalue weighted by Gasteiger charge is 2.35. The van der Waals surface area contributed by atoms with Crippen LogP contribution in [0.5, 0.6) is 0 Å². The Morgan fingerprint density at radius 2 is 1.71 bits per heavy atom. The zero-order valence-corrected chi connectivity index (χ0v) is 22.6. The molecule has 188 valence electrons. The zero-order chi connectivity index (χ0) is 25.5. The van der Waals surface area contributed by atoms with Crippen LogP contribution in [0, 0.1) is 0 Å². The van der Waals surface area contributed by atoms with Gasteiger partial charge in [-0.05, 0) is 60.3 Å². The van der Waals surface area contributed by atoms with E-state index in [-0.39, 0.29) is 29.4 Å². The molecule has 0 spiro atoms. The lowest BCUT2D eigenvalue weighted by atomic mass is 9.81. The molecule has 0 radical (unpaired) electrons. The number of nitrogens with zero attached hydrogens (tertiary/aromatic N) is 3. The number of rotatable bonds is 6. The van der Waals surface area contributed by atoms with Crippen molar-refractivity contribution in [1.29, 1.82) is 0 Å². The van der Waals surface area contributed by atoms with E-state index in [9.17, 15) is 13.2 Å². The Kier molecular flexibility index (Phi) is 7.35. The van der Waals surface area contributed by atoms with Crippen LogP contribution in [0.3, 0.4) is 0 Å². The predicted molar refractivity (Wildman–Crippen MR) is 133 cm³/mol. The molecule has 0 N–H and O–H groups in total. The number of esters is 1. The third-order valence-corrected chi connectivity index (χ3v) is 8.41. The number of ether oxygens (including phenoxy) is 1. The molecule has 0 saturated carbocycles. The highest BCUT2D eigenvalue weighted by molar-refractivity contribution is 7.89. The number of hydrogen-bond donors (Lipinski definition) is 0. The first-order valence-electron chi connectivity index (χ1n) is 12.0. The molecule has 0 saturated heterocycles. The molecule has 1 heterocycles. The summed E-state index contributed by atoms with van der Waals surface area (Å²) in [4.78, 5) is 12.3. The first-order valence-corrected chi connectivity index (χ1v) is 13.4. The first-order chi connectivity index (χ1) is 15.7. The lowest BCUT2D eigenvalue weighted by molar-refractivity contribution is -0.144. The molecule has 1 aliphatic rings. The number of carbonyl (C=O) groups excluding carboxylic acids is 1. The molecule has 3 rings (SSSR count). The topological polar surface area (TPSA) is 81.5 Å². The van der Waals surface area contributed by atoms with Crippen molar-refractivity contribution >= 4 is 16.0 Å². The van der Waals surface area contributed by atoms with Crippen molar-refractivity contribution in [2.75, 3.05) is 13.7 Å². The van der Waals surface area contributed by atoms with Gasteiger partial charge in [-0.1, -0.05) is 47.6 Å². The van der Waals surface area contributed by atoms with Crippen LogP contribution in [-0.2, 0) is 43.4 Å². The van der Waals surface area contributed by atoms with Gasteiger partial charge in [0.15, 0.2) is 0 Å². The van der Waals surface area contributed by atoms with Gasteiger partial charge in [-0.15, -0.1) is 0 Å². The van der Waals surface area contributed by atoms with E-state index in [1.165, 1.54) is 4.31 Å². The van der Waals surface area contributed by atoms with E-state index in [0.717, 1.165) is 35.2 Å². The predicted octanol–water partition coefficient (Wildman–Crippen LogP) is 4.74. The van der Waals surface area contributed by atoms with Crippen LogP contribution < -0.4 is 0 Å². The van der Waals surface area contributed by atoms with Gasteiger partial charge in [-0.25, -0.2) is 8.42 Å². The number of sulfonamides is 1. The molecule has 0 aliphatic heterocycles. The SMILES string of the molecule is CCOC(=O)Cn1ncc2c1CCC[C@H]2N(C)S(=O)(=O)c1cc(C(C)(C)C)cc(C(C)(C)C)c1. The maximum Gasteiger partial charge on any atom is 0.327 e. The number of aromatic nitrogens is 2. The van der Waals surface area contributed by atoms with Crippen molar-refractivity contribution in [3.63, 3.8) is 0 Å². The van der Waals surface area contributed by atoms with Crippen LogP contribution >= 0.6 is 0 Å². The Bertz CT molecular complexity index is 1120. The fraction of sp³-hybridized carbons (Fsp3) is 0.615. The summed E-state index contributed by atoms with van der Waals surface area (Å²) < 4.78 is 36.0. The van der Waals surface area contributed by atoms with Crippen molar-refractivity contribution in [2.45, 2.75) is 96.0 Å². The molecular formula is C26H39N3O4S. The Morgan fingerprint density at radius 1 is 1.12 bits per heavy atom. The highest BCUT2D eigenvalue weighted by atomic mass is 32.2. The molecule has 1 aliphatic carbocycles. The molecule has 7 nitrogen and oxygen atoms in total. The minimum Gasteiger partial charge on any atom is -0.465 e. The highest BCUT2D eigenvalue weighted by Crippen LogP contribution is 2.38. The van der Waals surface area contributed by atoms with Gasteiger partial charge in [0.25, 0.3) is 0 Å². The summed E-state index contributed by atoms with van der Waals surface area (Å²) in [5.41, 5.74) is 3.40. The molecule has 1 aromatic carbocycles. The van der Waals surface area contributed by atoms with Crippen LogP contribution in [0.1, 0.15) is 89.7 Å². The lowest BCUT2D eigenvalue weighted by Crippen LogP contribution is -2.34. The average Bonchev–Trinajstić information content (AvgIpc) is 3.14. The normalized spacial score (nSPS) is 17.0. The van der Waals surface area contributed by atoms with Gasteiger partial charge in [0.2, 0.25) is 10.0 Å². The van der Waals surface area contributed by atoms with Crippen molar-refractivity contribution in [1.82, 2.24) is 14.1 Å². The van der Waals surface area contributed by atoms with E-state index in [2.05, 4.69) is 52.7 Å². The summed E-state index contributed by atoms with van der Waals surface area (Å²) in [6.45, 7) is 14.7.